The fraction of sp³-hybridized carbons (Fsp3) is 0.767. The molecule has 37 heavy (non-hydrogen) atoms. The topological polar surface area (TPSA) is 98.7 Å². The molecule has 1 aliphatic heterocycles. The Morgan fingerprint density at radius 2 is 1.84 bits per heavy atom. The first-order chi connectivity index (χ1) is 17.8. The lowest BCUT2D eigenvalue weighted by atomic mass is 9.87. The molecular weight excluding hydrogens is 466 g/mol. The molecule has 0 aromatic heterocycles. The lowest BCUT2D eigenvalue weighted by molar-refractivity contribution is -0.138. The molecule has 3 N–H and O–H groups in total. The summed E-state index contributed by atoms with van der Waals surface area (Å²) in [7, 11) is 0. The predicted octanol–water partition coefficient (Wildman–Crippen LogP) is 5.22. The quantitative estimate of drug-likeness (QED) is 0.277. The fourth-order valence-electron chi connectivity index (χ4n) is 5.84. The van der Waals surface area contributed by atoms with Crippen LogP contribution in [0, 0.1) is 11.8 Å². The van der Waals surface area contributed by atoms with E-state index in [0.29, 0.717) is 24.8 Å². The number of piperidine rings is 1. The molecule has 210 valence electrons. The summed E-state index contributed by atoms with van der Waals surface area (Å²) in [5.74, 6) is -0.127. The first-order valence-corrected chi connectivity index (χ1v) is 14.7. The molecule has 0 bridgehead atoms. The van der Waals surface area contributed by atoms with E-state index in [4.69, 9.17) is 0 Å². The lowest BCUT2D eigenvalue weighted by Gasteiger charge is -2.27. The van der Waals surface area contributed by atoms with Gasteiger partial charge < -0.3 is 20.6 Å². The Hall–Kier alpha value is -2.15. The van der Waals surface area contributed by atoms with Crippen LogP contribution in [0.3, 0.4) is 0 Å². The van der Waals surface area contributed by atoms with Crippen molar-refractivity contribution in [1.29, 1.82) is 0 Å². The third-order valence-electron chi connectivity index (χ3n) is 8.06. The third kappa shape index (κ3) is 10.6. The summed E-state index contributed by atoms with van der Waals surface area (Å²) in [6.45, 7) is 11.0. The van der Waals surface area contributed by atoms with Gasteiger partial charge in [-0.15, -0.1) is 0 Å². The van der Waals surface area contributed by atoms with Gasteiger partial charge in [-0.25, -0.2) is 0 Å². The number of nitrogens with zero attached hydrogens (tertiary/aromatic N) is 1. The third-order valence-corrected chi connectivity index (χ3v) is 8.06. The maximum Gasteiger partial charge on any atom is 0.305 e. The van der Waals surface area contributed by atoms with E-state index in [1.165, 1.54) is 24.0 Å². The predicted molar refractivity (Wildman–Crippen MR) is 149 cm³/mol. The van der Waals surface area contributed by atoms with Gasteiger partial charge in [0, 0.05) is 13.0 Å². The second-order valence-corrected chi connectivity index (χ2v) is 10.9. The van der Waals surface area contributed by atoms with E-state index in [2.05, 4.69) is 37.5 Å². The number of allylic oxidation sites excluding steroid dienone is 2. The zero-order valence-corrected chi connectivity index (χ0v) is 23.7. The van der Waals surface area contributed by atoms with Gasteiger partial charge in [0.15, 0.2) is 0 Å². The van der Waals surface area contributed by atoms with Crippen LogP contribution in [0.4, 0.5) is 0 Å². The van der Waals surface area contributed by atoms with Crippen molar-refractivity contribution in [3.63, 3.8) is 0 Å². The van der Waals surface area contributed by atoms with E-state index in [1.54, 1.807) is 4.90 Å². The Morgan fingerprint density at radius 3 is 2.46 bits per heavy atom. The van der Waals surface area contributed by atoms with Crippen molar-refractivity contribution in [2.75, 3.05) is 26.2 Å². The van der Waals surface area contributed by atoms with Crippen molar-refractivity contribution in [2.45, 2.75) is 111 Å². The number of nitrogens with one attached hydrogen (secondary N) is 2. The second kappa shape index (κ2) is 16.6. The molecule has 2 atom stereocenters. The van der Waals surface area contributed by atoms with Gasteiger partial charge in [-0.1, -0.05) is 44.4 Å². The molecule has 0 aromatic carbocycles. The highest BCUT2D eigenvalue weighted by atomic mass is 16.4. The number of aliphatic carboxylic acids is 1. The van der Waals surface area contributed by atoms with Crippen molar-refractivity contribution in [3.8, 4) is 0 Å². The summed E-state index contributed by atoms with van der Waals surface area (Å²) in [5.41, 5.74) is 3.43. The summed E-state index contributed by atoms with van der Waals surface area (Å²) in [6.07, 6.45) is 12.6. The van der Waals surface area contributed by atoms with Crippen LogP contribution in [-0.2, 0) is 14.4 Å². The number of carbonyl (C=O) groups is 3. The van der Waals surface area contributed by atoms with Gasteiger partial charge in [0.1, 0.15) is 0 Å². The minimum Gasteiger partial charge on any atom is -0.481 e. The zero-order chi connectivity index (χ0) is 27.2. The molecular formula is C30H51N3O4. The molecule has 0 aromatic rings. The van der Waals surface area contributed by atoms with Crippen molar-refractivity contribution in [1.82, 2.24) is 15.5 Å². The van der Waals surface area contributed by atoms with Crippen molar-refractivity contribution in [3.05, 3.63) is 22.8 Å². The summed E-state index contributed by atoms with van der Waals surface area (Å²) < 4.78 is 0. The van der Waals surface area contributed by atoms with Crippen molar-refractivity contribution in [2.24, 2.45) is 11.8 Å². The summed E-state index contributed by atoms with van der Waals surface area (Å²) in [6, 6.07) is -0.595. The van der Waals surface area contributed by atoms with Gasteiger partial charge in [0.25, 0.3) is 0 Å². The van der Waals surface area contributed by atoms with Crippen LogP contribution in [0.5, 0.6) is 0 Å². The summed E-state index contributed by atoms with van der Waals surface area (Å²) >= 11 is 0. The highest BCUT2D eigenvalue weighted by molar-refractivity contribution is 5.85. The number of carboxylic acids is 1. The Kier molecular flexibility index (Phi) is 14.0. The Labute approximate surface area is 224 Å². The maximum atomic E-state index is 13.2. The smallest absolute Gasteiger partial charge is 0.305 e. The number of hydrogen-bond donors (Lipinski definition) is 3. The van der Waals surface area contributed by atoms with E-state index >= 15 is 0 Å². The number of amides is 2. The Balaban J connectivity index is 2.09. The average Bonchev–Trinajstić information content (AvgIpc) is 3.02. The van der Waals surface area contributed by atoms with E-state index in [1.807, 2.05) is 6.92 Å². The largest absolute Gasteiger partial charge is 0.481 e. The standard InChI is InChI=1S/C30H51N3O4/c1-5-9-25-13-12-23(7-3)19-26(22(25)4)27(20-30(36)37)32-28(34)21-33(18-6-2)29(35)11-8-10-24-14-16-31-17-15-24/h19,24-25,27,31H,5-18,20-21H2,1-4H3,(H,32,34)(H,36,37). The first-order valence-electron chi connectivity index (χ1n) is 14.7. The van der Waals surface area contributed by atoms with E-state index in [0.717, 1.165) is 70.0 Å². The van der Waals surface area contributed by atoms with Crippen LogP contribution in [0.2, 0.25) is 0 Å². The van der Waals surface area contributed by atoms with Crippen LogP contribution >= 0.6 is 0 Å². The van der Waals surface area contributed by atoms with E-state index in [-0.39, 0.29) is 24.8 Å². The number of hydrogen-bond acceptors (Lipinski definition) is 4. The molecule has 2 amide bonds. The van der Waals surface area contributed by atoms with Gasteiger partial charge in [-0.2, -0.15) is 0 Å². The molecule has 1 aliphatic carbocycles. The van der Waals surface area contributed by atoms with Crippen LogP contribution in [-0.4, -0.2) is 60.0 Å². The maximum absolute atomic E-state index is 13.2. The molecule has 2 unspecified atom stereocenters. The van der Waals surface area contributed by atoms with E-state index in [9.17, 15) is 19.5 Å². The van der Waals surface area contributed by atoms with Gasteiger partial charge in [0.05, 0.1) is 19.0 Å². The highest BCUT2D eigenvalue weighted by Crippen LogP contribution is 2.34. The molecule has 7 nitrogen and oxygen atoms in total. The summed E-state index contributed by atoms with van der Waals surface area (Å²) in [5, 5.41) is 16.1. The lowest BCUT2D eigenvalue weighted by Crippen LogP contribution is -2.45. The second-order valence-electron chi connectivity index (χ2n) is 10.9. The molecule has 0 spiro atoms. The molecule has 1 heterocycles. The zero-order valence-electron chi connectivity index (χ0n) is 23.7. The van der Waals surface area contributed by atoms with Crippen LogP contribution in [0.15, 0.2) is 22.8 Å². The number of carboxylic acid groups (broad SMARTS) is 1. The van der Waals surface area contributed by atoms with Gasteiger partial charge >= 0.3 is 5.97 Å². The van der Waals surface area contributed by atoms with Gasteiger partial charge in [0.2, 0.25) is 11.8 Å². The molecule has 0 radical (unpaired) electrons. The van der Waals surface area contributed by atoms with Gasteiger partial charge in [-0.05, 0) is 95.2 Å². The minimum absolute atomic E-state index is 0.0155. The normalized spacial score (nSPS) is 19.7. The van der Waals surface area contributed by atoms with Gasteiger partial charge in [-0.3, -0.25) is 14.4 Å². The molecule has 2 aliphatic rings. The minimum atomic E-state index is -0.937. The molecule has 7 heteroatoms. The van der Waals surface area contributed by atoms with Crippen LogP contribution < -0.4 is 10.6 Å². The van der Waals surface area contributed by atoms with Crippen molar-refractivity contribution < 1.29 is 19.5 Å². The summed E-state index contributed by atoms with van der Waals surface area (Å²) in [4.78, 5) is 39.6. The highest BCUT2D eigenvalue weighted by Gasteiger charge is 2.27. The van der Waals surface area contributed by atoms with E-state index < -0.39 is 12.0 Å². The van der Waals surface area contributed by atoms with Crippen molar-refractivity contribution >= 4 is 17.8 Å². The van der Waals surface area contributed by atoms with Crippen LogP contribution in [0.25, 0.3) is 0 Å². The SMILES string of the molecule is CCCC1CCC(CC)=CC(C(CC(=O)O)NC(=O)CN(CCC)C(=O)CCCC2CCNCC2)=C1C. The Morgan fingerprint density at radius 1 is 1.11 bits per heavy atom. The number of rotatable bonds is 15. The molecule has 1 saturated heterocycles. The monoisotopic (exact) mass is 517 g/mol. The molecule has 1 fully saturated rings. The first kappa shape index (κ1) is 31.1. The Bertz CT molecular complexity index is 814. The molecule has 2 rings (SSSR count). The fourth-order valence-corrected chi connectivity index (χ4v) is 5.84. The molecule has 0 saturated carbocycles. The average molecular weight is 518 g/mol. The van der Waals surface area contributed by atoms with Crippen LogP contribution in [0.1, 0.15) is 105 Å². The number of carbonyl (C=O) groups excluding carboxylic acids is 2.